The van der Waals surface area contributed by atoms with E-state index in [0.717, 1.165) is 29.5 Å². The van der Waals surface area contributed by atoms with Crippen LogP contribution in [0.4, 0.5) is 4.39 Å². The Balaban J connectivity index is 1.91. The van der Waals surface area contributed by atoms with Crippen molar-refractivity contribution in [2.75, 3.05) is 0 Å². The van der Waals surface area contributed by atoms with E-state index in [1.807, 2.05) is 0 Å². The van der Waals surface area contributed by atoms with Crippen LogP contribution in [-0.2, 0) is 11.2 Å². The van der Waals surface area contributed by atoms with Crippen molar-refractivity contribution in [2.45, 2.75) is 95.8 Å². The average Bonchev–Trinajstić information content (AvgIpc) is 3.12. The van der Waals surface area contributed by atoms with E-state index in [2.05, 4.69) is 24.6 Å². The van der Waals surface area contributed by atoms with Crippen LogP contribution in [0.5, 0.6) is 0 Å². The molecule has 2 atom stereocenters. The second kappa shape index (κ2) is 11.1. The van der Waals surface area contributed by atoms with Gasteiger partial charge in [0, 0.05) is 23.5 Å². The summed E-state index contributed by atoms with van der Waals surface area (Å²) in [6.45, 7) is 4.36. The molecule has 6 heteroatoms. The minimum absolute atomic E-state index is 0.0402. The molecule has 0 radical (unpaired) electrons. The number of carbonyl (C=O) groups is 1. The van der Waals surface area contributed by atoms with Gasteiger partial charge in [0.1, 0.15) is 5.82 Å². The molecule has 3 N–H and O–H groups in total. The van der Waals surface area contributed by atoms with Gasteiger partial charge in [0.05, 0.1) is 18.6 Å². The number of aliphatic carboxylic acids is 1. The van der Waals surface area contributed by atoms with Crippen molar-refractivity contribution in [3.63, 3.8) is 0 Å². The highest BCUT2D eigenvalue weighted by Crippen LogP contribution is 2.39. The Labute approximate surface area is 189 Å². The van der Waals surface area contributed by atoms with E-state index in [1.165, 1.54) is 37.1 Å². The molecule has 32 heavy (non-hydrogen) atoms. The smallest absolute Gasteiger partial charge is 0.305 e. The maximum atomic E-state index is 13.6. The molecule has 1 aliphatic carbocycles. The van der Waals surface area contributed by atoms with Gasteiger partial charge >= 0.3 is 5.97 Å². The Bertz CT molecular complexity index is 884. The molecule has 0 spiro atoms. The summed E-state index contributed by atoms with van der Waals surface area (Å²) in [7, 11) is 0. The normalized spacial score (nSPS) is 16.9. The molecule has 5 nitrogen and oxygen atoms in total. The second-order valence-electron chi connectivity index (χ2n) is 9.45. The summed E-state index contributed by atoms with van der Waals surface area (Å²) >= 11 is 0. The van der Waals surface area contributed by atoms with Crippen LogP contribution < -0.4 is 0 Å². The molecule has 176 valence electrons. The largest absolute Gasteiger partial charge is 0.481 e. The molecule has 0 aliphatic heterocycles. The van der Waals surface area contributed by atoms with E-state index < -0.39 is 18.2 Å². The van der Waals surface area contributed by atoms with Gasteiger partial charge in [0.25, 0.3) is 0 Å². The lowest BCUT2D eigenvalue weighted by Gasteiger charge is -2.27. The highest BCUT2D eigenvalue weighted by atomic mass is 19.1. The summed E-state index contributed by atoms with van der Waals surface area (Å²) in [6, 6.07) is 7.01. The van der Waals surface area contributed by atoms with Crippen molar-refractivity contribution in [1.29, 1.82) is 0 Å². The van der Waals surface area contributed by atoms with Gasteiger partial charge in [0.2, 0.25) is 0 Å². The van der Waals surface area contributed by atoms with Crippen LogP contribution in [0, 0.1) is 5.82 Å². The molecular formula is C26H36FNO4. The van der Waals surface area contributed by atoms with Crippen molar-refractivity contribution in [3.8, 4) is 11.1 Å². The van der Waals surface area contributed by atoms with Gasteiger partial charge in [-0.3, -0.25) is 4.79 Å². The van der Waals surface area contributed by atoms with Gasteiger partial charge in [-0.25, -0.2) is 4.39 Å². The van der Waals surface area contributed by atoms with Gasteiger partial charge < -0.3 is 19.9 Å². The van der Waals surface area contributed by atoms with Crippen molar-refractivity contribution < 1.29 is 24.5 Å². The molecule has 0 bridgehead atoms. The number of benzene rings is 1. The molecule has 1 heterocycles. The first-order chi connectivity index (χ1) is 15.3. The highest BCUT2D eigenvalue weighted by Gasteiger charge is 2.25. The van der Waals surface area contributed by atoms with Crippen molar-refractivity contribution in [2.24, 2.45) is 0 Å². The minimum atomic E-state index is -1.07. The standard InChI is InChI=1S/C26H36FNO4/c1-17(2)26-23(13-12-21(29)14-22(30)15-25(31)32)24(18-8-10-19(27)11-9-18)16-28(26)20-6-4-3-5-7-20/h8-11,16-17,20-22,29-30H,3-7,12-15H2,1-2H3,(H,31,32)/t21-,22+/m0/s1. The van der Waals surface area contributed by atoms with Gasteiger partial charge in [-0.05, 0) is 61.3 Å². The molecule has 0 saturated heterocycles. The van der Waals surface area contributed by atoms with Crippen LogP contribution in [-0.4, -0.2) is 38.1 Å². The zero-order valence-corrected chi connectivity index (χ0v) is 19.1. The maximum Gasteiger partial charge on any atom is 0.305 e. The van der Waals surface area contributed by atoms with Crippen molar-refractivity contribution in [1.82, 2.24) is 4.57 Å². The third-order valence-corrected chi connectivity index (χ3v) is 6.53. The highest BCUT2D eigenvalue weighted by molar-refractivity contribution is 5.69. The van der Waals surface area contributed by atoms with Crippen LogP contribution >= 0.6 is 0 Å². The average molecular weight is 446 g/mol. The van der Waals surface area contributed by atoms with E-state index >= 15 is 0 Å². The number of hydrogen-bond acceptors (Lipinski definition) is 3. The SMILES string of the molecule is CC(C)c1c(CC[C@H](O)C[C@@H](O)CC(=O)O)c(-c2ccc(F)cc2)cn1C1CCCCC1. The Morgan fingerprint density at radius 3 is 2.34 bits per heavy atom. The lowest BCUT2D eigenvalue weighted by molar-refractivity contribution is -0.139. The predicted molar refractivity (Wildman–Crippen MR) is 123 cm³/mol. The summed E-state index contributed by atoms with van der Waals surface area (Å²) in [5.74, 6) is -1.06. The molecule has 1 aromatic carbocycles. The molecule has 0 unspecified atom stereocenters. The molecule has 1 fully saturated rings. The molecule has 1 aromatic heterocycles. The Morgan fingerprint density at radius 2 is 1.75 bits per heavy atom. The molecule has 0 amide bonds. The zero-order valence-electron chi connectivity index (χ0n) is 19.1. The number of carboxylic acid groups (broad SMARTS) is 1. The molecule has 2 aromatic rings. The van der Waals surface area contributed by atoms with Gasteiger partial charge in [-0.15, -0.1) is 0 Å². The number of nitrogens with zero attached hydrogens (tertiary/aromatic N) is 1. The summed E-state index contributed by atoms with van der Waals surface area (Å²) < 4.78 is 16.0. The Kier molecular flexibility index (Phi) is 8.49. The fourth-order valence-electron chi connectivity index (χ4n) is 5.06. The third kappa shape index (κ3) is 6.20. The van der Waals surface area contributed by atoms with E-state index in [0.29, 0.717) is 18.9 Å². The Hall–Kier alpha value is -2.18. The van der Waals surface area contributed by atoms with Gasteiger partial charge in [0.15, 0.2) is 0 Å². The quantitative estimate of drug-likeness (QED) is 0.455. The number of aromatic nitrogens is 1. The van der Waals surface area contributed by atoms with Crippen LogP contribution in [0.25, 0.3) is 11.1 Å². The van der Waals surface area contributed by atoms with Gasteiger partial charge in [-0.2, -0.15) is 0 Å². The van der Waals surface area contributed by atoms with Crippen molar-refractivity contribution >= 4 is 5.97 Å². The van der Waals surface area contributed by atoms with Crippen LogP contribution in [0.3, 0.4) is 0 Å². The summed E-state index contributed by atoms with van der Waals surface area (Å²) in [5.41, 5.74) is 4.44. The molecule has 1 aliphatic rings. The lowest BCUT2D eigenvalue weighted by atomic mass is 9.92. The monoisotopic (exact) mass is 445 g/mol. The summed E-state index contributed by atoms with van der Waals surface area (Å²) in [4.78, 5) is 10.8. The number of hydrogen-bond donors (Lipinski definition) is 3. The predicted octanol–water partition coefficient (Wildman–Crippen LogP) is 5.44. The van der Waals surface area contributed by atoms with Crippen LogP contribution in [0.2, 0.25) is 0 Å². The van der Waals surface area contributed by atoms with E-state index in [-0.39, 0.29) is 24.6 Å². The van der Waals surface area contributed by atoms with Crippen molar-refractivity contribution in [3.05, 3.63) is 47.5 Å². The number of aliphatic hydroxyl groups excluding tert-OH is 2. The zero-order chi connectivity index (χ0) is 23.3. The summed E-state index contributed by atoms with van der Waals surface area (Å²) in [6.07, 6.45) is 7.10. The van der Waals surface area contributed by atoms with E-state index in [1.54, 1.807) is 12.1 Å². The Morgan fingerprint density at radius 1 is 1.09 bits per heavy atom. The number of rotatable bonds is 10. The van der Waals surface area contributed by atoms with Gasteiger partial charge in [-0.1, -0.05) is 45.2 Å². The molecular weight excluding hydrogens is 409 g/mol. The fourth-order valence-corrected chi connectivity index (χ4v) is 5.06. The van der Waals surface area contributed by atoms with Crippen LogP contribution in [0.1, 0.15) is 88.4 Å². The third-order valence-electron chi connectivity index (χ3n) is 6.53. The molecule has 3 rings (SSSR count). The second-order valence-corrected chi connectivity index (χ2v) is 9.45. The number of aliphatic hydroxyl groups is 2. The first-order valence-electron chi connectivity index (χ1n) is 11.8. The maximum absolute atomic E-state index is 13.6. The minimum Gasteiger partial charge on any atom is -0.481 e. The first-order valence-corrected chi connectivity index (χ1v) is 11.8. The summed E-state index contributed by atoms with van der Waals surface area (Å²) in [5, 5.41) is 29.2. The fraction of sp³-hybridized carbons (Fsp3) is 0.577. The van der Waals surface area contributed by atoms with E-state index in [9.17, 15) is 19.4 Å². The number of carboxylic acids is 1. The first kappa shape index (κ1) is 24.5. The van der Waals surface area contributed by atoms with Crippen LogP contribution in [0.15, 0.2) is 30.5 Å². The molecule has 1 saturated carbocycles. The van der Waals surface area contributed by atoms with E-state index in [4.69, 9.17) is 5.11 Å². The number of halogens is 1. The topological polar surface area (TPSA) is 82.7 Å². The lowest BCUT2D eigenvalue weighted by Crippen LogP contribution is -2.21.